The summed E-state index contributed by atoms with van der Waals surface area (Å²) in [6.07, 6.45) is 0. The maximum atomic E-state index is 11.1. The SMILES string of the molecule is NC(=O)c1sc(-c2cccc(Cl)c2)cc1N.Nc1cc(-c2cccc(Cl)c2)sc1C(=O)O. The molecule has 0 unspecified atom stereocenters. The Balaban J connectivity index is 0.000000181. The highest BCUT2D eigenvalue weighted by molar-refractivity contribution is 7.18. The molecule has 1 amide bonds. The molecule has 2 aromatic heterocycles. The van der Waals surface area contributed by atoms with E-state index in [0.29, 0.717) is 20.6 Å². The second-order valence-electron chi connectivity index (χ2n) is 6.48. The molecule has 7 N–H and O–H groups in total. The number of nitrogens with two attached hydrogens (primary N) is 3. The Morgan fingerprint density at radius 3 is 1.53 bits per heavy atom. The molecule has 2 heterocycles. The van der Waals surface area contributed by atoms with Crippen LogP contribution in [0.4, 0.5) is 11.4 Å². The van der Waals surface area contributed by atoms with Gasteiger partial charge in [-0.15, -0.1) is 22.7 Å². The van der Waals surface area contributed by atoms with Crippen molar-refractivity contribution < 1.29 is 14.7 Å². The maximum Gasteiger partial charge on any atom is 0.348 e. The first-order valence-corrected chi connectivity index (χ1v) is 11.4. The van der Waals surface area contributed by atoms with Crippen LogP contribution < -0.4 is 17.2 Å². The average molecular weight is 506 g/mol. The van der Waals surface area contributed by atoms with E-state index in [9.17, 15) is 9.59 Å². The van der Waals surface area contributed by atoms with Crippen molar-refractivity contribution in [2.45, 2.75) is 0 Å². The molecule has 0 atom stereocenters. The number of nitrogen functional groups attached to an aromatic ring is 2. The van der Waals surface area contributed by atoms with E-state index in [-0.39, 0.29) is 10.6 Å². The van der Waals surface area contributed by atoms with Crippen molar-refractivity contribution in [3.63, 3.8) is 0 Å². The van der Waals surface area contributed by atoms with Crippen molar-refractivity contribution >= 4 is 69.1 Å². The van der Waals surface area contributed by atoms with Crippen LogP contribution in [0.3, 0.4) is 0 Å². The van der Waals surface area contributed by atoms with Gasteiger partial charge in [-0.3, -0.25) is 4.79 Å². The largest absolute Gasteiger partial charge is 0.477 e. The zero-order valence-electron chi connectivity index (χ0n) is 16.3. The minimum atomic E-state index is -1.00. The Bertz CT molecular complexity index is 1200. The number of carboxylic acid groups (broad SMARTS) is 1. The normalized spacial score (nSPS) is 10.3. The summed E-state index contributed by atoms with van der Waals surface area (Å²) < 4.78 is 0. The molecular weight excluding hydrogens is 489 g/mol. The molecule has 10 heteroatoms. The molecule has 6 nitrogen and oxygen atoms in total. The molecular formula is C22H17Cl2N3O3S2. The molecule has 0 aliphatic carbocycles. The highest BCUT2D eigenvalue weighted by atomic mass is 35.5. The van der Waals surface area contributed by atoms with E-state index in [1.165, 1.54) is 11.3 Å². The molecule has 4 rings (SSSR count). The molecule has 0 fully saturated rings. The van der Waals surface area contributed by atoms with Gasteiger partial charge in [0.2, 0.25) is 0 Å². The lowest BCUT2D eigenvalue weighted by atomic mass is 10.2. The second kappa shape index (κ2) is 10.1. The standard InChI is InChI=1S/C11H9ClN2OS.C11H8ClNO2S/c2*12-7-3-1-2-6(4-7)9-5-8(13)10(16-9)11(14)15/h1-5H,13H2,(H2,14,15);1-5H,13H2,(H,14,15). The molecule has 0 aliphatic rings. The topological polar surface area (TPSA) is 132 Å². The van der Waals surface area contributed by atoms with Gasteiger partial charge in [-0.25, -0.2) is 4.79 Å². The quantitative estimate of drug-likeness (QED) is 0.266. The number of halogens is 2. The number of hydrogen-bond donors (Lipinski definition) is 4. The molecule has 0 bridgehead atoms. The number of hydrogen-bond acceptors (Lipinski definition) is 6. The molecule has 0 aliphatic heterocycles. The smallest absolute Gasteiger partial charge is 0.348 e. The van der Waals surface area contributed by atoms with Crippen molar-refractivity contribution in [1.29, 1.82) is 0 Å². The van der Waals surface area contributed by atoms with E-state index in [1.807, 2.05) is 30.3 Å². The number of amides is 1. The fourth-order valence-electron chi connectivity index (χ4n) is 2.74. The molecule has 0 saturated heterocycles. The van der Waals surface area contributed by atoms with Gasteiger partial charge in [-0.1, -0.05) is 47.5 Å². The zero-order chi connectivity index (χ0) is 23.4. The Morgan fingerprint density at radius 2 is 1.19 bits per heavy atom. The highest BCUT2D eigenvalue weighted by Crippen LogP contribution is 2.35. The first-order chi connectivity index (χ1) is 15.2. The fraction of sp³-hybridized carbons (Fsp3) is 0. The van der Waals surface area contributed by atoms with E-state index in [1.54, 1.807) is 30.3 Å². The second-order valence-corrected chi connectivity index (χ2v) is 9.46. The summed E-state index contributed by atoms with van der Waals surface area (Å²) in [4.78, 5) is 24.1. The number of aromatic carboxylic acids is 1. The number of thiophene rings is 2. The monoisotopic (exact) mass is 505 g/mol. The molecule has 32 heavy (non-hydrogen) atoms. The first-order valence-electron chi connectivity index (χ1n) is 8.99. The summed E-state index contributed by atoms with van der Waals surface area (Å²) in [5.41, 5.74) is 19.0. The van der Waals surface area contributed by atoms with Crippen LogP contribution in [0.1, 0.15) is 19.3 Å². The first kappa shape index (κ1) is 23.6. The highest BCUT2D eigenvalue weighted by Gasteiger charge is 2.14. The van der Waals surface area contributed by atoms with E-state index < -0.39 is 11.9 Å². The third-order valence-electron chi connectivity index (χ3n) is 4.16. The van der Waals surface area contributed by atoms with Gasteiger partial charge < -0.3 is 22.3 Å². The summed E-state index contributed by atoms with van der Waals surface area (Å²) in [5.74, 6) is -1.51. The Labute approximate surface area is 201 Å². The average Bonchev–Trinajstić information content (AvgIpc) is 3.32. The van der Waals surface area contributed by atoms with Crippen LogP contribution in [0.25, 0.3) is 20.9 Å². The number of carboxylic acids is 1. The van der Waals surface area contributed by atoms with Crippen LogP contribution in [-0.2, 0) is 0 Å². The van der Waals surface area contributed by atoms with Gasteiger partial charge in [-0.2, -0.15) is 0 Å². The van der Waals surface area contributed by atoms with Crippen molar-refractivity contribution in [3.8, 4) is 20.9 Å². The fourth-order valence-corrected chi connectivity index (χ4v) is 4.96. The van der Waals surface area contributed by atoms with Crippen LogP contribution in [0.5, 0.6) is 0 Å². The van der Waals surface area contributed by atoms with Crippen LogP contribution in [0, 0.1) is 0 Å². The summed E-state index contributed by atoms with van der Waals surface area (Å²) in [7, 11) is 0. The van der Waals surface area contributed by atoms with Gasteiger partial charge in [-0.05, 0) is 47.5 Å². The predicted octanol–water partition coefficient (Wildman–Crippen LogP) is 6.10. The maximum absolute atomic E-state index is 11.1. The minimum absolute atomic E-state index is 0.162. The summed E-state index contributed by atoms with van der Waals surface area (Å²) in [6, 6.07) is 18.0. The molecule has 4 aromatic rings. The lowest BCUT2D eigenvalue weighted by molar-refractivity contribution is 0.0703. The van der Waals surface area contributed by atoms with Crippen molar-refractivity contribution in [2.24, 2.45) is 5.73 Å². The van der Waals surface area contributed by atoms with Gasteiger partial charge in [0.25, 0.3) is 5.91 Å². The summed E-state index contributed by atoms with van der Waals surface area (Å²) >= 11 is 14.2. The molecule has 164 valence electrons. The van der Waals surface area contributed by atoms with E-state index >= 15 is 0 Å². The molecule has 0 radical (unpaired) electrons. The van der Waals surface area contributed by atoms with Crippen molar-refractivity contribution in [2.75, 3.05) is 11.5 Å². The Kier molecular flexibility index (Phi) is 7.42. The summed E-state index contributed by atoms with van der Waals surface area (Å²) in [6.45, 7) is 0. The van der Waals surface area contributed by atoms with Gasteiger partial charge in [0.15, 0.2) is 0 Å². The molecule has 2 aromatic carbocycles. The van der Waals surface area contributed by atoms with E-state index in [2.05, 4.69) is 0 Å². The van der Waals surface area contributed by atoms with E-state index in [0.717, 1.165) is 32.2 Å². The van der Waals surface area contributed by atoms with Gasteiger partial charge in [0.05, 0.1) is 11.4 Å². The van der Waals surface area contributed by atoms with Crippen molar-refractivity contribution in [3.05, 3.63) is 80.5 Å². The van der Waals surface area contributed by atoms with Gasteiger partial charge in [0, 0.05) is 19.8 Å². The lowest BCUT2D eigenvalue weighted by Gasteiger charge is -1.96. The third kappa shape index (κ3) is 5.60. The Hall–Kier alpha value is -3.04. The predicted molar refractivity (Wildman–Crippen MR) is 134 cm³/mol. The third-order valence-corrected chi connectivity index (χ3v) is 7.03. The molecule has 0 spiro atoms. The number of primary amides is 1. The van der Waals surface area contributed by atoms with Crippen LogP contribution in [-0.4, -0.2) is 17.0 Å². The number of carbonyl (C=O) groups is 2. The number of benzene rings is 2. The number of anilines is 2. The summed E-state index contributed by atoms with van der Waals surface area (Å²) in [5, 5.41) is 10.1. The minimum Gasteiger partial charge on any atom is -0.477 e. The Morgan fingerprint density at radius 1 is 0.750 bits per heavy atom. The van der Waals surface area contributed by atoms with Gasteiger partial charge >= 0.3 is 5.97 Å². The zero-order valence-corrected chi connectivity index (χ0v) is 19.5. The van der Waals surface area contributed by atoms with E-state index in [4.69, 9.17) is 45.5 Å². The number of carbonyl (C=O) groups excluding carboxylic acids is 1. The van der Waals surface area contributed by atoms with Crippen LogP contribution >= 0.6 is 45.9 Å². The van der Waals surface area contributed by atoms with Crippen molar-refractivity contribution in [1.82, 2.24) is 0 Å². The molecule has 0 saturated carbocycles. The number of rotatable bonds is 4. The lowest BCUT2D eigenvalue weighted by Crippen LogP contribution is -2.10. The van der Waals surface area contributed by atoms with Crippen LogP contribution in [0.15, 0.2) is 60.7 Å². The van der Waals surface area contributed by atoms with Crippen LogP contribution in [0.2, 0.25) is 10.0 Å². The van der Waals surface area contributed by atoms with Gasteiger partial charge in [0.1, 0.15) is 9.75 Å².